The predicted octanol–water partition coefficient (Wildman–Crippen LogP) is 4.10. The smallest absolute Gasteiger partial charge is 0.319 e. The van der Waals surface area contributed by atoms with Crippen LogP contribution in [0.1, 0.15) is 24.0 Å². The average molecular weight is 353 g/mol. The number of methoxy groups -OCH3 is 1. The molecule has 1 heterocycles. The van der Waals surface area contributed by atoms with Gasteiger partial charge < -0.3 is 20.3 Å². The minimum atomic E-state index is -0.126. The van der Waals surface area contributed by atoms with Crippen LogP contribution in [0.25, 0.3) is 0 Å². The molecule has 0 radical (unpaired) electrons. The molecule has 0 aliphatic carbocycles. The Hall–Kier alpha value is -2.69. The summed E-state index contributed by atoms with van der Waals surface area (Å²) in [6, 6.07) is 14.3. The number of nitrogens with zero attached hydrogens (tertiary/aromatic N) is 1. The van der Waals surface area contributed by atoms with Gasteiger partial charge in [0, 0.05) is 36.6 Å². The number of amides is 2. The van der Waals surface area contributed by atoms with Gasteiger partial charge in [-0.25, -0.2) is 4.79 Å². The molecule has 3 rings (SSSR count). The molecular formula is C21H27N3O2. The molecule has 5 nitrogen and oxygen atoms in total. The van der Waals surface area contributed by atoms with E-state index in [-0.39, 0.29) is 12.1 Å². The number of urea groups is 1. The van der Waals surface area contributed by atoms with E-state index in [9.17, 15) is 4.79 Å². The van der Waals surface area contributed by atoms with Crippen LogP contribution in [0.3, 0.4) is 0 Å². The fourth-order valence-corrected chi connectivity index (χ4v) is 3.30. The molecule has 2 aromatic carbocycles. The Bertz CT molecular complexity index is 768. The van der Waals surface area contributed by atoms with E-state index in [0.29, 0.717) is 0 Å². The van der Waals surface area contributed by atoms with Crippen molar-refractivity contribution in [2.45, 2.75) is 32.7 Å². The number of aryl methyl sites for hydroxylation is 2. The average Bonchev–Trinajstić information content (AvgIpc) is 2.65. The quantitative estimate of drug-likeness (QED) is 0.870. The van der Waals surface area contributed by atoms with Gasteiger partial charge in [-0.1, -0.05) is 18.2 Å². The summed E-state index contributed by atoms with van der Waals surface area (Å²) in [4.78, 5) is 14.7. The summed E-state index contributed by atoms with van der Waals surface area (Å²) in [5, 5.41) is 6.08. The second kappa shape index (κ2) is 8.13. The summed E-state index contributed by atoms with van der Waals surface area (Å²) in [5.74, 6) is 0.871. The van der Waals surface area contributed by atoms with Gasteiger partial charge in [-0.3, -0.25) is 0 Å². The largest absolute Gasteiger partial charge is 0.497 e. The first kappa shape index (κ1) is 18.1. The Morgan fingerprint density at radius 2 is 1.88 bits per heavy atom. The van der Waals surface area contributed by atoms with E-state index in [1.807, 2.05) is 44.2 Å². The first-order valence-corrected chi connectivity index (χ1v) is 9.09. The number of nitrogens with one attached hydrogen (secondary N) is 2. The van der Waals surface area contributed by atoms with Gasteiger partial charge in [0.1, 0.15) is 5.75 Å². The third kappa shape index (κ3) is 4.48. The lowest BCUT2D eigenvalue weighted by atomic mass is 10.0. The van der Waals surface area contributed by atoms with Gasteiger partial charge in [-0.2, -0.15) is 0 Å². The number of carbonyl (C=O) groups excluding carboxylic acids is 1. The number of benzene rings is 2. The molecule has 0 aromatic heterocycles. The molecule has 0 spiro atoms. The second-order valence-corrected chi connectivity index (χ2v) is 6.88. The van der Waals surface area contributed by atoms with Crippen LogP contribution in [0, 0.1) is 13.8 Å². The highest BCUT2D eigenvalue weighted by Gasteiger charge is 2.21. The molecule has 0 atom stereocenters. The van der Waals surface area contributed by atoms with Gasteiger partial charge in [0.05, 0.1) is 7.11 Å². The Kier molecular flexibility index (Phi) is 5.66. The van der Waals surface area contributed by atoms with E-state index in [4.69, 9.17) is 4.74 Å². The Labute approximate surface area is 155 Å². The maximum Gasteiger partial charge on any atom is 0.319 e. The number of rotatable bonds is 4. The zero-order valence-electron chi connectivity index (χ0n) is 15.7. The van der Waals surface area contributed by atoms with Crippen LogP contribution in [-0.2, 0) is 0 Å². The van der Waals surface area contributed by atoms with Crippen LogP contribution < -0.4 is 20.3 Å². The zero-order valence-corrected chi connectivity index (χ0v) is 15.7. The fourth-order valence-electron chi connectivity index (χ4n) is 3.30. The van der Waals surface area contributed by atoms with Crippen molar-refractivity contribution >= 4 is 17.4 Å². The molecule has 2 amide bonds. The lowest BCUT2D eigenvalue weighted by Gasteiger charge is -2.34. The van der Waals surface area contributed by atoms with Crippen LogP contribution in [-0.4, -0.2) is 32.3 Å². The molecule has 1 fully saturated rings. The SMILES string of the molecule is COc1cccc(N2CCC(NC(=O)Nc3cc(C)ccc3C)CC2)c1. The summed E-state index contributed by atoms with van der Waals surface area (Å²) in [7, 11) is 1.68. The normalized spacial score (nSPS) is 14.8. The molecule has 0 unspecified atom stereocenters. The second-order valence-electron chi connectivity index (χ2n) is 6.88. The molecule has 1 saturated heterocycles. The molecule has 26 heavy (non-hydrogen) atoms. The van der Waals surface area contributed by atoms with E-state index in [2.05, 4.69) is 27.7 Å². The van der Waals surface area contributed by atoms with Crippen LogP contribution in [0.2, 0.25) is 0 Å². The van der Waals surface area contributed by atoms with E-state index in [0.717, 1.165) is 48.5 Å². The lowest BCUT2D eigenvalue weighted by Crippen LogP contribution is -2.46. The van der Waals surface area contributed by atoms with Crippen LogP contribution in [0.4, 0.5) is 16.2 Å². The minimum Gasteiger partial charge on any atom is -0.497 e. The number of hydrogen-bond acceptors (Lipinski definition) is 3. The third-order valence-corrected chi connectivity index (χ3v) is 4.89. The summed E-state index contributed by atoms with van der Waals surface area (Å²) < 4.78 is 5.30. The number of carbonyl (C=O) groups is 1. The molecule has 0 bridgehead atoms. The molecule has 138 valence electrons. The molecule has 2 N–H and O–H groups in total. The predicted molar refractivity (Wildman–Crippen MR) is 106 cm³/mol. The zero-order chi connectivity index (χ0) is 18.5. The standard InChI is InChI=1S/C21H27N3O2/c1-15-7-8-16(2)20(13-15)23-21(25)22-17-9-11-24(12-10-17)18-5-4-6-19(14-18)26-3/h4-8,13-14,17H,9-12H2,1-3H3,(H2,22,23,25). The highest BCUT2D eigenvalue weighted by atomic mass is 16.5. The third-order valence-electron chi connectivity index (χ3n) is 4.89. The molecular weight excluding hydrogens is 326 g/mol. The van der Waals surface area contributed by atoms with E-state index < -0.39 is 0 Å². The van der Waals surface area contributed by atoms with E-state index in [1.54, 1.807) is 7.11 Å². The minimum absolute atomic E-state index is 0.126. The molecule has 2 aromatic rings. The van der Waals surface area contributed by atoms with Gasteiger partial charge >= 0.3 is 6.03 Å². The Morgan fingerprint density at radius 1 is 1.12 bits per heavy atom. The molecule has 1 aliphatic rings. The van der Waals surface area contributed by atoms with Crippen molar-refractivity contribution in [1.82, 2.24) is 5.32 Å². The summed E-state index contributed by atoms with van der Waals surface area (Å²) in [6.45, 7) is 5.86. The number of anilines is 2. The van der Waals surface area contributed by atoms with Crippen molar-refractivity contribution in [2.75, 3.05) is 30.4 Å². The van der Waals surface area contributed by atoms with Crippen molar-refractivity contribution < 1.29 is 9.53 Å². The highest BCUT2D eigenvalue weighted by Crippen LogP contribution is 2.24. The number of hydrogen-bond donors (Lipinski definition) is 2. The van der Waals surface area contributed by atoms with Crippen LogP contribution in [0.15, 0.2) is 42.5 Å². The van der Waals surface area contributed by atoms with Crippen molar-refractivity contribution in [3.05, 3.63) is 53.6 Å². The van der Waals surface area contributed by atoms with E-state index in [1.165, 1.54) is 5.69 Å². The topological polar surface area (TPSA) is 53.6 Å². The molecule has 0 saturated carbocycles. The van der Waals surface area contributed by atoms with Crippen molar-refractivity contribution in [3.63, 3.8) is 0 Å². The van der Waals surface area contributed by atoms with Gasteiger partial charge in [0.2, 0.25) is 0 Å². The molecule has 5 heteroatoms. The Balaban J connectivity index is 1.52. The first-order valence-electron chi connectivity index (χ1n) is 9.09. The van der Waals surface area contributed by atoms with Gasteiger partial charge in [0.25, 0.3) is 0 Å². The summed E-state index contributed by atoms with van der Waals surface area (Å²) in [6.07, 6.45) is 1.86. The monoisotopic (exact) mass is 353 g/mol. The molecule has 1 aliphatic heterocycles. The number of ether oxygens (including phenoxy) is 1. The van der Waals surface area contributed by atoms with Crippen LogP contribution in [0.5, 0.6) is 5.75 Å². The number of piperidine rings is 1. The van der Waals surface area contributed by atoms with E-state index >= 15 is 0 Å². The lowest BCUT2D eigenvalue weighted by molar-refractivity contribution is 0.246. The highest BCUT2D eigenvalue weighted by molar-refractivity contribution is 5.90. The van der Waals surface area contributed by atoms with Crippen molar-refractivity contribution in [2.24, 2.45) is 0 Å². The van der Waals surface area contributed by atoms with Crippen molar-refractivity contribution in [3.8, 4) is 5.75 Å². The van der Waals surface area contributed by atoms with Crippen molar-refractivity contribution in [1.29, 1.82) is 0 Å². The first-order chi connectivity index (χ1) is 12.5. The van der Waals surface area contributed by atoms with Gasteiger partial charge in [-0.15, -0.1) is 0 Å². The van der Waals surface area contributed by atoms with Gasteiger partial charge in [0.15, 0.2) is 0 Å². The van der Waals surface area contributed by atoms with Gasteiger partial charge in [-0.05, 0) is 56.0 Å². The summed E-state index contributed by atoms with van der Waals surface area (Å²) in [5.41, 5.74) is 4.25. The maximum atomic E-state index is 12.3. The summed E-state index contributed by atoms with van der Waals surface area (Å²) >= 11 is 0. The van der Waals surface area contributed by atoms with Crippen LogP contribution >= 0.6 is 0 Å². The fraction of sp³-hybridized carbons (Fsp3) is 0.381. The maximum absolute atomic E-state index is 12.3. The Morgan fingerprint density at radius 3 is 2.62 bits per heavy atom.